The minimum Gasteiger partial charge on any atom is -0.497 e. The summed E-state index contributed by atoms with van der Waals surface area (Å²) in [6, 6.07) is 12.8. The highest BCUT2D eigenvalue weighted by Crippen LogP contribution is 2.26. The van der Waals surface area contributed by atoms with E-state index in [0.717, 1.165) is 16.2 Å². The summed E-state index contributed by atoms with van der Waals surface area (Å²) in [5, 5.41) is 3.94. The van der Waals surface area contributed by atoms with Crippen molar-refractivity contribution >= 4 is 40.9 Å². The van der Waals surface area contributed by atoms with Gasteiger partial charge >= 0.3 is 0 Å². The van der Waals surface area contributed by atoms with Gasteiger partial charge in [0.2, 0.25) is 5.91 Å². The molecule has 0 aromatic heterocycles. The van der Waals surface area contributed by atoms with Crippen LogP contribution in [0, 0.1) is 0 Å². The lowest BCUT2D eigenvalue weighted by Gasteiger charge is -2.15. The number of carbonyl (C=O) groups excluding carboxylic acids is 1. The Hall–Kier alpha value is -1.36. The van der Waals surface area contributed by atoms with Gasteiger partial charge in [0.1, 0.15) is 5.75 Å². The Morgan fingerprint density at radius 3 is 2.48 bits per heavy atom. The lowest BCUT2D eigenvalue weighted by Crippen LogP contribution is -2.28. The summed E-state index contributed by atoms with van der Waals surface area (Å²) in [7, 11) is 1.63. The first-order valence-electron chi connectivity index (χ1n) is 7.00. The summed E-state index contributed by atoms with van der Waals surface area (Å²) in [5.74, 6) is 1.11. The fourth-order valence-corrected chi connectivity index (χ4v) is 2.99. The molecule has 1 amide bonds. The van der Waals surface area contributed by atoms with Gasteiger partial charge in [-0.05, 0) is 48.9 Å². The largest absolute Gasteiger partial charge is 0.497 e. The molecule has 0 fully saturated rings. The monoisotopic (exact) mass is 369 g/mol. The number of thioether (sulfide) groups is 1. The Morgan fingerprint density at radius 1 is 1.17 bits per heavy atom. The summed E-state index contributed by atoms with van der Waals surface area (Å²) in [4.78, 5) is 13.1. The van der Waals surface area contributed by atoms with Crippen molar-refractivity contribution in [2.45, 2.75) is 17.9 Å². The van der Waals surface area contributed by atoms with Crippen LogP contribution in [0.4, 0.5) is 0 Å². The molecule has 0 spiro atoms. The Balaban J connectivity index is 1.86. The van der Waals surface area contributed by atoms with Gasteiger partial charge in [-0.15, -0.1) is 11.8 Å². The summed E-state index contributed by atoms with van der Waals surface area (Å²) < 4.78 is 5.11. The number of hydrogen-bond donors (Lipinski definition) is 1. The van der Waals surface area contributed by atoms with Crippen LogP contribution in [0.5, 0.6) is 5.75 Å². The summed E-state index contributed by atoms with van der Waals surface area (Å²) >= 11 is 13.4. The van der Waals surface area contributed by atoms with E-state index in [2.05, 4.69) is 5.32 Å². The normalized spacial score (nSPS) is 11.8. The molecule has 0 aliphatic carbocycles. The second-order valence-electron chi connectivity index (χ2n) is 4.93. The number of carbonyl (C=O) groups is 1. The van der Waals surface area contributed by atoms with E-state index in [-0.39, 0.29) is 11.9 Å². The molecule has 1 N–H and O–H groups in total. The van der Waals surface area contributed by atoms with E-state index in [9.17, 15) is 4.79 Å². The zero-order valence-corrected chi connectivity index (χ0v) is 15.1. The third-order valence-corrected chi connectivity index (χ3v) is 5.00. The molecule has 0 unspecified atom stereocenters. The predicted octanol–water partition coefficient (Wildman–Crippen LogP) is 4.97. The van der Waals surface area contributed by atoms with Crippen LogP contribution in [0.1, 0.15) is 18.5 Å². The molecule has 2 aromatic carbocycles. The molecule has 0 bridgehead atoms. The van der Waals surface area contributed by atoms with Crippen LogP contribution in [-0.2, 0) is 4.79 Å². The molecule has 0 aliphatic heterocycles. The lowest BCUT2D eigenvalue weighted by atomic mass is 10.1. The highest BCUT2D eigenvalue weighted by molar-refractivity contribution is 8.00. The van der Waals surface area contributed by atoms with Crippen molar-refractivity contribution in [3.05, 3.63) is 58.1 Å². The van der Waals surface area contributed by atoms with Crippen LogP contribution in [0.3, 0.4) is 0 Å². The van der Waals surface area contributed by atoms with Crippen LogP contribution in [0.25, 0.3) is 0 Å². The van der Waals surface area contributed by atoms with Gasteiger partial charge in [0.15, 0.2) is 0 Å². The molecule has 0 heterocycles. The van der Waals surface area contributed by atoms with Crippen molar-refractivity contribution in [1.82, 2.24) is 5.32 Å². The van der Waals surface area contributed by atoms with E-state index in [4.69, 9.17) is 27.9 Å². The minimum absolute atomic E-state index is 0.0376. The lowest BCUT2D eigenvalue weighted by molar-refractivity contribution is -0.119. The maximum atomic E-state index is 12.1. The standard InChI is InChI=1S/C17H17Cl2NO2S/c1-11(12-3-8-15(18)16(19)9-12)20-17(21)10-23-14-6-4-13(22-2)5-7-14/h3-9,11H,10H2,1-2H3,(H,20,21)/t11-/m0/s1. The summed E-state index contributed by atoms with van der Waals surface area (Å²) in [6.45, 7) is 1.91. The molecule has 23 heavy (non-hydrogen) atoms. The molecule has 3 nitrogen and oxygen atoms in total. The molecular weight excluding hydrogens is 353 g/mol. The fraction of sp³-hybridized carbons (Fsp3) is 0.235. The highest BCUT2D eigenvalue weighted by atomic mass is 35.5. The quantitative estimate of drug-likeness (QED) is 0.730. The van der Waals surface area contributed by atoms with E-state index in [1.165, 1.54) is 11.8 Å². The van der Waals surface area contributed by atoms with Crippen molar-refractivity contribution in [3.63, 3.8) is 0 Å². The number of ether oxygens (including phenoxy) is 1. The SMILES string of the molecule is COc1ccc(SCC(=O)N[C@@H](C)c2ccc(Cl)c(Cl)c2)cc1. The van der Waals surface area contributed by atoms with E-state index in [1.807, 2.05) is 37.3 Å². The van der Waals surface area contributed by atoms with Gasteiger partial charge in [0, 0.05) is 4.90 Å². The van der Waals surface area contributed by atoms with Crippen LogP contribution < -0.4 is 10.1 Å². The molecule has 122 valence electrons. The first-order chi connectivity index (χ1) is 11.0. The third-order valence-electron chi connectivity index (χ3n) is 3.25. The number of hydrogen-bond acceptors (Lipinski definition) is 3. The van der Waals surface area contributed by atoms with Gasteiger partial charge in [0.05, 0.1) is 28.9 Å². The van der Waals surface area contributed by atoms with Crippen molar-refractivity contribution in [2.75, 3.05) is 12.9 Å². The Bertz CT molecular complexity index is 677. The Labute approximate surface area is 150 Å². The smallest absolute Gasteiger partial charge is 0.230 e. The van der Waals surface area contributed by atoms with Crippen LogP contribution in [-0.4, -0.2) is 18.8 Å². The molecule has 1 atom stereocenters. The first-order valence-corrected chi connectivity index (χ1v) is 8.75. The number of nitrogens with one attached hydrogen (secondary N) is 1. The third kappa shape index (κ3) is 5.34. The maximum Gasteiger partial charge on any atom is 0.230 e. The maximum absolute atomic E-state index is 12.1. The molecule has 2 rings (SSSR count). The van der Waals surface area contributed by atoms with E-state index < -0.39 is 0 Å². The van der Waals surface area contributed by atoms with Crippen LogP contribution in [0.2, 0.25) is 10.0 Å². The number of rotatable bonds is 6. The second kappa shape index (κ2) is 8.48. The fourth-order valence-electron chi connectivity index (χ4n) is 1.97. The van der Waals surface area contributed by atoms with Gasteiger partial charge in [-0.2, -0.15) is 0 Å². The second-order valence-corrected chi connectivity index (χ2v) is 6.79. The van der Waals surface area contributed by atoms with Crippen LogP contribution in [0.15, 0.2) is 47.4 Å². The Morgan fingerprint density at radius 2 is 1.87 bits per heavy atom. The first kappa shape index (κ1) is 18.0. The molecule has 0 saturated heterocycles. The van der Waals surface area contributed by atoms with Gasteiger partial charge in [-0.3, -0.25) is 4.79 Å². The van der Waals surface area contributed by atoms with E-state index >= 15 is 0 Å². The average molecular weight is 370 g/mol. The van der Waals surface area contributed by atoms with Gasteiger partial charge in [-0.1, -0.05) is 29.3 Å². The van der Waals surface area contributed by atoms with E-state index in [1.54, 1.807) is 19.2 Å². The van der Waals surface area contributed by atoms with Crippen molar-refractivity contribution < 1.29 is 9.53 Å². The number of methoxy groups -OCH3 is 1. The topological polar surface area (TPSA) is 38.3 Å². The molecule has 0 radical (unpaired) electrons. The summed E-state index contributed by atoms with van der Waals surface area (Å²) in [6.07, 6.45) is 0. The molecule has 6 heteroatoms. The molecule has 0 aliphatic rings. The van der Waals surface area contributed by atoms with Crippen molar-refractivity contribution in [1.29, 1.82) is 0 Å². The van der Waals surface area contributed by atoms with Gasteiger partial charge in [-0.25, -0.2) is 0 Å². The number of amides is 1. The van der Waals surface area contributed by atoms with Crippen molar-refractivity contribution in [3.8, 4) is 5.75 Å². The van der Waals surface area contributed by atoms with Crippen molar-refractivity contribution in [2.24, 2.45) is 0 Å². The summed E-state index contributed by atoms with van der Waals surface area (Å²) in [5.41, 5.74) is 0.919. The number of halogens is 2. The minimum atomic E-state index is -0.131. The molecule has 2 aromatic rings. The van der Waals surface area contributed by atoms with Gasteiger partial charge in [0.25, 0.3) is 0 Å². The zero-order chi connectivity index (χ0) is 16.8. The molecular formula is C17H17Cl2NO2S. The van der Waals surface area contributed by atoms with Crippen LogP contribution >= 0.6 is 35.0 Å². The molecule has 0 saturated carbocycles. The average Bonchev–Trinajstić information content (AvgIpc) is 2.55. The van der Waals surface area contributed by atoms with E-state index in [0.29, 0.717) is 15.8 Å². The zero-order valence-electron chi connectivity index (χ0n) is 12.8. The Kier molecular flexibility index (Phi) is 6.63. The number of benzene rings is 2. The highest BCUT2D eigenvalue weighted by Gasteiger charge is 2.11. The van der Waals surface area contributed by atoms with Gasteiger partial charge < -0.3 is 10.1 Å². The predicted molar refractivity (Wildman–Crippen MR) is 96.7 cm³/mol.